The molecule has 2 aromatic carbocycles. The lowest BCUT2D eigenvalue weighted by atomic mass is 9.70. The summed E-state index contributed by atoms with van der Waals surface area (Å²) in [5.41, 5.74) is 1.54. The van der Waals surface area contributed by atoms with Crippen LogP contribution >= 0.6 is 11.3 Å². The molecule has 0 saturated carbocycles. The van der Waals surface area contributed by atoms with Crippen LogP contribution in [0, 0.1) is 30.9 Å². The number of benzene rings is 2. The fourth-order valence-electron chi connectivity index (χ4n) is 3.25. The third-order valence-electron chi connectivity index (χ3n) is 4.96. The van der Waals surface area contributed by atoms with Crippen molar-refractivity contribution in [2.24, 2.45) is 5.41 Å². The number of aromatic nitrogens is 1. The fourth-order valence-corrected chi connectivity index (χ4v) is 4.06. The zero-order valence-corrected chi connectivity index (χ0v) is 17.0. The molecule has 0 aliphatic rings. The van der Waals surface area contributed by atoms with Crippen molar-refractivity contribution in [1.29, 1.82) is 0 Å². The number of hydrogen-bond acceptors (Lipinski definition) is 3. The third-order valence-corrected chi connectivity index (χ3v) is 5.95. The summed E-state index contributed by atoms with van der Waals surface area (Å²) >= 11 is 1.42. The Balaban J connectivity index is 2.00. The number of carbonyl (C=O) groups excluding carboxylic acids is 1. The molecule has 3 aromatic rings. The molecule has 0 aliphatic heterocycles. The number of aryl methyl sites for hydroxylation is 2. The molecule has 1 heterocycles. The van der Waals surface area contributed by atoms with E-state index in [0.29, 0.717) is 5.13 Å². The average molecular weight is 400 g/mol. The largest absolute Gasteiger partial charge is 0.301 e. The highest BCUT2D eigenvalue weighted by Crippen LogP contribution is 2.42. The minimum Gasteiger partial charge on any atom is -0.301 e. The minimum absolute atomic E-state index is 0.208. The van der Waals surface area contributed by atoms with Crippen LogP contribution in [0.5, 0.6) is 0 Å². The molecule has 0 radical (unpaired) electrons. The first-order valence-electron chi connectivity index (χ1n) is 8.95. The first-order valence-corrected chi connectivity index (χ1v) is 9.76. The number of rotatable bonds is 5. The molecule has 6 heteroatoms. The Morgan fingerprint density at radius 3 is 1.82 bits per heavy atom. The topological polar surface area (TPSA) is 42.0 Å². The lowest BCUT2D eigenvalue weighted by Gasteiger charge is -2.33. The molecule has 146 valence electrons. The van der Waals surface area contributed by atoms with Crippen molar-refractivity contribution in [1.82, 2.24) is 4.98 Å². The van der Waals surface area contributed by atoms with Gasteiger partial charge < -0.3 is 5.32 Å². The molecule has 0 aliphatic carbocycles. The van der Waals surface area contributed by atoms with Gasteiger partial charge >= 0.3 is 0 Å². The molecular weight excluding hydrogens is 378 g/mol. The van der Waals surface area contributed by atoms with Gasteiger partial charge in [0.15, 0.2) is 5.13 Å². The summed E-state index contributed by atoms with van der Waals surface area (Å²) in [5.74, 6) is -1.30. The van der Waals surface area contributed by atoms with Crippen molar-refractivity contribution in [3.63, 3.8) is 0 Å². The summed E-state index contributed by atoms with van der Waals surface area (Å²) in [6, 6.07) is 12.1. The van der Waals surface area contributed by atoms with E-state index < -0.39 is 11.3 Å². The summed E-state index contributed by atoms with van der Waals surface area (Å²) in [4.78, 5) is 18.6. The molecule has 0 fully saturated rings. The molecule has 1 aromatic heterocycles. The molecule has 0 spiro atoms. The highest BCUT2D eigenvalue weighted by molar-refractivity contribution is 7.15. The molecule has 0 saturated heterocycles. The predicted octanol–water partition coefficient (Wildman–Crippen LogP) is 5.83. The van der Waals surface area contributed by atoms with Crippen molar-refractivity contribution in [2.45, 2.75) is 33.6 Å². The Hall–Kier alpha value is -2.60. The highest BCUT2D eigenvalue weighted by Gasteiger charge is 2.39. The Kier molecular flexibility index (Phi) is 5.61. The lowest BCUT2D eigenvalue weighted by Crippen LogP contribution is -2.37. The molecular formula is C22H22F2N2OS. The summed E-state index contributed by atoms with van der Waals surface area (Å²) in [5, 5.41) is 3.45. The first kappa shape index (κ1) is 20.1. The van der Waals surface area contributed by atoms with Crippen LogP contribution in [0.1, 0.15) is 41.5 Å². The Morgan fingerprint density at radius 2 is 1.43 bits per heavy atom. The van der Waals surface area contributed by atoms with Gasteiger partial charge in [0.25, 0.3) is 0 Å². The number of anilines is 1. The van der Waals surface area contributed by atoms with E-state index in [1.54, 1.807) is 24.3 Å². The highest BCUT2D eigenvalue weighted by atomic mass is 32.1. The maximum atomic E-state index is 13.5. The first-order chi connectivity index (χ1) is 13.2. The van der Waals surface area contributed by atoms with Crippen molar-refractivity contribution in [3.05, 3.63) is 81.9 Å². The summed E-state index contributed by atoms with van der Waals surface area (Å²) < 4.78 is 26.9. The molecule has 3 rings (SSSR count). The van der Waals surface area contributed by atoms with Crippen LogP contribution in [0.25, 0.3) is 0 Å². The molecule has 0 atom stereocenters. The van der Waals surface area contributed by atoms with Gasteiger partial charge in [-0.3, -0.25) is 4.79 Å². The van der Waals surface area contributed by atoms with Crippen molar-refractivity contribution < 1.29 is 13.6 Å². The predicted molar refractivity (Wildman–Crippen MR) is 109 cm³/mol. The molecule has 0 unspecified atom stereocenters. The van der Waals surface area contributed by atoms with Crippen LogP contribution in [-0.2, 0) is 4.79 Å². The number of nitrogens with one attached hydrogen (secondary N) is 1. The molecule has 1 amide bonds. The van der Waals surface area contributed by atoms with Crippen LogP contribution in [0.4, 0.5) is 13.9 Å². The Labute approximate surface area is 167 Å². The van der Waals surface area contributed by atoms with Gasteiger partial charge in [-0.15, -0.1) is 11.3 Å². The smallest absolute Gasteiger partial charge is 0.232 e. The molecule has 3 nitrogen and oxygen atoms in total. The van der Waals surface area contributed by atoms with Crippen LogP contribution in [0.3, 0.4) is 0 Å². The standard InChI is InChI=1S/C22H22F2N2OS/c1-13-14(2)28-21(25-13)26-20(27)22(3,4)19(15-5-9-17(23)10-6-15)16-7-11-18(24)12-8-16/h5-12,19H,1-4H3,(H,25,26,27). The number of amides is 1. The normalized spacial score (nSPS) is 11.7. The molecule has 1 N–H and O–H groups in total. The van der Waals surface area contributed by atoms with E-state index in [2.05, 4.69) is 10.3 Å². The van der Waals surface area contributed by atoms with E-state index >= 15 is 0 Å². The summed E-state index contributed by atoms with van der Waals surface area (Å²) in [7, 11) is 0. The van der Waals surface area contributed by atoms with Gasteiger partial charge in [-0.1, -0.05) is 38.1 Å². The number of carbonyl (C=O) groups is 1. The van der Waals surface area contributed by atoms with Gasteiger partial charge in [0.05, 0.1) is 11.1 Å². The summed E-state index contributed by atoms with van der Waals surface area (Å²) in [6.07, 6.45) is 0. The van der Waals surface area contributed by atoms with Crippen molar-refractivity contribution in [3.8, 4) is 0 Å². The van der Waals surface area contributed by atoms with Crippen LogP contribution in [-0.4, -0.2) is 10.9 Å². The molecule has 28 heavy (non-hydrogen) atoms. The fraction of sp³-hybridized carbons (Fsp3) is 0.273. The summed E-state index contributed by atoms with van der Waals surface area (Å²) in [6.45, 7) is 7.50. The van der Waals surface area contributed by atoms with E-state index in [-0.39, 0.29) is 17.5 Å². The van der Waals surface area contributed by atoms with Crippen LogP contribution in [0.15, 0.2) is 48.5 Å². The quantitative estimate of drug-likeness (QED) is 0.585. The second-order valence-corrected chi connectivity index (χ2v) is 8.58. The number of thiazole rings is 1. The van der Waals surface area contributed by atoms with E-state index in [0.717, 1.165) is 21.7 Å². The monoisotopic (exact) mass is 400 g/mol. The third kappa shape index (κ3) is 4.12. The van der Waals surface area contributed by atoms with E-state index in [1.807, 2.05) is 27.7 Å². The number of halogens is 2. The zero-order chi connectivity index (χ0) is 20.5. The van der Waals surface area contributed by atoms with Gasteiger partial charge in [-0.05, 0) is 49.2 Å². The Bertz CT molecular complexity index is 914. The van der Waals surface area contributed by atoms with E-state index in [4.69, 9.17) is 0 Å². The number of nitrogens with zero attached hydrogens (tertiary/aromatic N) is 1. The van der Waals surface area contributed by atoms with Gasteiger partial charge in [-0.2, -0.15) is 0 Å². The van der Waals surface area contributed by atoms with Gasteiger partial charge in [-0.25, -0.2) is 13.8 Å². The van der Waals surface area contributed by atoms with Crippen molar-refractivity contribution >= 4 is 22.4 Å². The van der Waals surface area contributed by atoms with Gasteiger partial charge in [0, 0.05) is 10.8 Å². The SMILES string of the molecule is Cc1nc(NC(=O)C(C)(C)C(c2ccc(F)cc2)c2ccc(F)cc2)sc1C. The second-order valence-electron chi connectivity index (χ2n) is 7.37. The zero-order valence-electron chi connectivity index (χ0n) is 16.2. The second kappa shape index (κ2) is 7.80. The average Bonchev–Trinajstić information content (AvgIpc) is 2.95. The molecule has 0 bridgehead atoms. The van der Waals surface area contributed by atoms with Crippen LogP contribution in [0.2, 0.25) is 0 Å². The van der Waals surface area contributed by atoms with Crippen molar-refractivity contribution in [2.75, 3.05) is 5.32 Å². The van der Waals surface area contributed by atoms with Gasteiger partial charge in [0.1, 0.15) is 11.6 Å². The maximum Gasteiger partial charge on any atom is 0.232 e. The van der Waals surface area contributed by atoms with Crippen LogP contribution < -0.4 is 5.32 Å². The lowest BCUT2D eigenvalue weighted by molar-refractivity contribution is -0.124. The minimum atomic E-state index is -0.900. The van der Waals surface area contributed by atoms with Gasteiger partial charge in [0.2, 0.25) is 5.91 Å². The van der Waals surface area contributed by atoms with E-state index in [1.165, 1.54) is 35.6 Å². The number of hydrogen-bond donors (Lipinski definition) is 1. The van der Waals surface area contributed by atoms with E-state index in [9.17, 15) is 13.6 Å². The maximum absolute atomic E-state index is 13.5. The Morgan fingerprint density at radius 1 is 0.964 bits per heavy atom.